The predicted molar refractivity (Wildman–Crippen MR) is 537 cm³/mol. The fourth-order valence-electron chi connectivity index (χ4n) is 20.5. The van der Waals surface area contributed by atoms with Crippen molar-refractivity contribution in [2.75, 3.05) is 0 Å². The summed E-state index contributed by atoms with van der Waals surface area (Å²) in [5.41, 5.74) is 36.0. The van der Waals surface area contributed by atoms with Gasteiger partial charge in [-0.05, 0) is 381 Å². The minimum Gasteiger partial charge on any atom is -0.200 e. The highest BCUT2D eigenvalue weighted by molar-refractivity contribution is 5.99. The molecule has 4 saturated carbocycles. The van der Waals surface area contributed by atoms with Crippen molar-refractivity contribution in [1.29, 1.82) is 0 Å². The maximum atomic E-state index is 9.00. The van der Waals surface area contributed by atoms with Crippen LogP contribution in [0.4, 0.5) is 0 Å². The van der Waals surface area contributed by atoms with E-state index < -0.39 is 23.6 Å². The number of aromatic nitrogens is 5. The van der Waals surface area contributed by atoms with Crippen LogP contribution in [0.15, 0.2) is 194 Å². The van der Waals surface area contributed by atoms with E-state index in [2.05, 4.69) is 225 Å². The van der Waals surface area contributed by atoms with E-state index in [0.29, 0.717) is 35.0 Å². The Labute approximate surface area is 777 Å². The molecular formula is C121H144N5+5. The van der Waals surface area contributed by atoms with Crippen molar-refractivity contribution in [3.63, 3.8) is 0 Å². The Balaban J connectivity index is 0.000000133. The van der Waals surface area contributed by atoms with E-state index in [1.54, 1.807) is 4.57 Å². The smallest absolute Gasteiger partial charge is 0.200 e. The van der Waals surface area contributed by atoms with Gasteiger partial charge in [0.2, 0.25) is 28.5 Å². The van der Waals surface area contributed by atoms with E-state index in [1.165, 1.54) is 66.8 Å². The Morgan fingerprint density at radius 1 is 0.278 bits per heavy atom. The summed E-state index contributed by atoms with van der Waals surface area (Å²) >= 11 is 0. The lowest BCUT2D eigenvalue weighted by atomic mass is 9.88. The zero-order valence-corrected chi connectivity index (χ0v) is 80.3. The molecule has 0 aliphatic heterocycles. The van der Waals surface area contributed by atoms with Crippen LogP contribution in [0.5, 0.6) is 0 Å². The summed E-state index contributed by atoms with van der Waals surface area (Å²) in [6.45, 7) is 42.0. The number of hydrogen-bond donors (Lipinski definition) is 0. The third-order valence-corrected chi connectivity index (χ3v) is 28.3. The van der Waals surface area contributed by atoms with Crippen LogP contribution in [0.25, 0.3) is 110 Å². The van der Waals surface area contributed by atoms with E-state index in [9.17, 15) is 0 Å². The predicted octanol–water partition coefficient (Wildman–Crippen LogP) is 30.0. The summed E-state index contributed by atoms with van der Waals surface area (Å²) in [5, 5.41) is 8.92. The molecule has 0 unspecified atom stereocenters. The zero-order valence-electron chi connectivity index (χ0n) is 95.3. The normalized spacial score (nSPS) is 17.1. The van der Waals surface area contributed by atoms with Crippen molar-refractivity contribution < 1.29 is 43.4 Å². The first-order valence-electron chi connectivity index (χ1n) is 53.9. The molecule has 0 radical (unpaired) electrons. The molecule has 0 saturated heterocycles. The van der Waals surface area contributed by atoms with Crippen LogP contribution in [0.2, 0.25) is 0 Å². The van der Waals surface area contributed by atoms with Gasteiger partial charge in [0.15, 0.2) is 30.4 Å². The average molecular weight is 1680 g/mol. The van der Waals surface area contributed by atoms with Crippen molar-refractivity contribution in [3.8, 4) is 56.3 Å². The van der Waals surface area contributed by atoms with Crippen LogP contribution in [-0.2, 0) is 35.2 Å². The van der Waals surface area contributed by atoms with Crippen molar-refractivity contribution in [3.05, 3.63) is 322 Å². The molecule has 4 aliphatic rings. The number of hydrogen-bond acceptors (Lipinski definition) is 0. The summed E-state index contributed by atoms with van der Waals surface area (Å²) in [6, 6.07) is 46.6. The molecule has 0 spiro atoms. The summed E-state index contributed by atoms with van der Waals surface area (Å²) in [5.74, 6) is -1.97. The molecule has 5 aromatic heterocycles. The maximum Gasteiger partial charge on any atom is 0.220 e. The van der Waals surface area contributed by atoms with Gasteiger partial charge >= 0.3 is 0 Å². The minimum absolute atomic E-state index is 0.153. The Bertz CT molecular complexity index is 7300. The summed E-state index contributed by atoms with van der Waals surface area (Å²) in [6.07, 6.45) is 16.2. The standard InChI is InChI=1S/2C25H30N.2C24H28N.C23H28N/c1-16-12-17(2)19(4)23(13-16)25-24-14-18(3)22(20-8-6-7-9-20)15-21(24)10-11-26(25)5;1-16-14-17(2)18(3)24(15-16)25-23-11-10-21(20-8-6-7-9-20)19(4)22(23)12-13-26(25)5;2*1-16-13-17(2)18(3)23(14-16)24-22-10-9-20(19-7-5-6-8-19)15-21(22)11-12-25(24)4;1-14(2)19-8-9-21-20(13-19)12-17(5)24(7)23(21)22-11-15(3)10-16(4)18(22)6/h2*10-15,20H,6-9H2,1-5H3;2*9-15,19H,5-8H2,1-4H3;8-14H,1-7H3/q5*+1/i10D,11D,20D;12D,13D,20D;9D,11D,12D,19D;11D,12D,19D;11D,12D. The molecule has 0 atom stereocenters. The van der Waals surface area contributed by atoms with E-state index in [1.807, 2.05) is 94.0 Å². The van der Waals surface area contributed by atoms with E-state index >= 15 is 0 Å². The van der Waals surface area contributed by atoms with Crippen LogP contribution in [0, 0.1) is 125 Å². The van der Waals surface area contributed by atoms with Crippen molar-refractivity contribution in [1.82, 2.24) is 0 Å². The number of pyridine rings is 5. The van der Waals surface area contributed by atoms with Crippen LogP contribution < -0.4 is 22.8 Å². The molecule has 0 amide bonds. The van der Waals surface area contributed by atoms with Gasteiger partial charge in [-0.15, -0.1) is 0 Å². The Hall–Kier alpha value is -10.8. The molecular weight excluding hydrogens is 1520 g/mol. The summed E-state index contributed by atoms with van der Waals surface area (Å²) in [7, 11) is 9.49. The number of benzene rings is 10. The molecule has 0 N–H and O–H groups in total. The highest BCUT2D eigenvalue weighted by atomic mass is 15.0. The van der Waals surface area contributed by atoms with Gasteiger partial charge in [-0.25, -0.2) is 18.3 Å². The fraction of sp³-hybridized carbons (Fsp3) is 0.380. The van der Waals surface area contributed by atoms with E-state index in [0.717, 1.165) is 263 Å². The number of rotatable bonds is 10. The molecule has 0 bridgehead atoms. The second kappa shape index (κ2) is 38.0. The van der Waals surface area contributed by atoms with Gasteiger partial charge in [-0.1, -0.05) is 172 Å². The first-order chi connectivity index (χ1) is 66.3. The molecule has 5 nitrogen and oxygen atoms in total. The van der Waals surface area contributed by atoms with Gasteiger partial charge in [-0.2, -0.15) is 4.57 Å². The largest absolute Gasteiger partial charge is 0.220 e. The summed E-state index contributed by atoms with van der Waals surface area (Å²) in [4.78, 5) is 0. The molecule has 4 fully saturated rings. The lowest BCUT2D eigenvalue weighted by Gasteiger charge is -2.17. The Morgan fingerprint density at radius 2 is 0.643 bits per heavy atom. The maximum absolute atomic E-state index is 9.00. The minimum atomic E-state index is -0.742. The highest BCUT2D eigenvalue weighted by Gasteiger charge is 2.30. The second-order valence-corrected chi connectivity index (χ2v) is 37.9. The van der Waals surface area contributed by atoms with Gasteiger partial charge in [0.25, 0.3) is 0 Å². The van der Waals surface area contributed by atoms with Gasteiger partial charge in [0.05, 0.1) is 64.3 Å². The highest BCUT2D eigenvalue weighted by Crippen LogP contribution is 2.45. The second-order valence-electron chi connectivity index (χ2n) is 37.9. The monoisotopic (exact) mass is 1680 g/mol. The van der Waals surface area contributed by atoms with Crippen LogP contribution in [0.3, 0.4) is 0 Å². The van der Waals surface area contributed by atoms with Gasteiger partial charge < -0.3 is 0 Å². The Kier molecular flexibility index (Phi) is 21.8. The number of fused-ring (bicyclic) bond motifs is 5. The van der Waals surface area contributed by atoms with Gasteiger partial charge in [0.1, 0.15) is 40.7 Å². The first kappa shape index (κ1) is 72.3. The topological polar surface area (TPSA) is 19.4 Å². The molecule has 15 aromatic rings. The van der Waals surface area contributed by atoms with E-state index in [-0.39, 0.29) is 48.9 Å². The third-order valence-electron chi connectivity index (χ3n) is 28.3. The molecule has 126 heavy (non-hydrogen) atoms. The molecule has 5 heteroatoms. The van der Waals surface area contributed by atoms with Gasteiger partial charge in [0, 0.05) is 42.6 Å². The summed E-state index contributed by atoms with van der Waals surface area (Å²) < 4.78 is 140. The quantitative estimate of drug-likeness (QED) is 0.122. The average Bonchev–Trinajstić information content (AvgIpc) is 0.813. The molecule has 4 aliphatic carbocycles. The van der Waals surface area contributed by atoms with Crippen molar-refractivity contribution in [2.24, 2.45) is 35.2 Å². The molecule has 648 valence electrons. The van der Waals surface area contributed by atoms with Gasteiger partial charge in [-0.3, -0.25) is 0 Å². The lowest BCUT2D eigenvalue weighted by Crippen LogP contribution is -2.35. The third kappa shape index (κ3) is 18.6. The van der Waals surface area contributed by atoms with Crippen molar-refractivity contribution in [2.45, 2.75) is 271 Å². The molecule has 19 rings (SSSR count). The van der Waals surface area contributed by atoms with E-state index in [4.69, 9.17) is 20.6 Å². The van der Waals surface area contributed by atoms with Crippen LogP contribution >= 0.6 is 0 Å². The number of nitrogens with zero attached hydrogens (tertiary/aromatic N) is 5. The SMILES string of the molecule is [2H]c1c(C)cc(C)c(C)c1-c1c2ccc(C(C)C)cc2c([2H])c(C)[n+]1C.[2H]c1c([2H])[n+](C)c(-c2cc(C)cc(C)c2C)c2cc(C)c(C3([2H])CCCC3)cc12.[2H]c1c([2H])[n+](C)c(-c2cc(C)cc(C)c2C)c2ccc(C3([2H])CCCC3)c(C)c12.[2H]c1c([2H])[n+](C)c(-c2cc(C)cc(C)c2C)c2ccc(C3([2H])CCCC3)cc12.[2H]c1cc2c(-c3cc(C)cc(C)c3C)[n+](C)c([2H])c([2H])c2cc1C1([2H])CCCC1. The van der Waals surface area contributed by atoms with Crippen molar-refractivity contribution >= 4 is 53.9 Å². The zero-order chi connectivity index (χ0) is 103. The fourth-order valence-corrected chi connectivity index (χ4v) is 20.5. The Morgan fingerprint density at radius 3 is 1.11 bits per heavy atom. The molecule has 10 aromatic carbocycles. The molecule has 5 heterocycles. The lowest BCUT2D eigenvalue weighted by molar-refractivity contribution is -0.665. The van der Waals surface area contributed by atoms with Crippen LogP contribution in [-0.4, -0.2) is 0 Å². The number of aryl methyl sites for hydroxylation is 12. The first-order valence-corrected chi connectivity index (χ1v) is 46.4. The van der Waals surface area contributed by atoms with Crippen LogP contribution in [0.1, 0.15) is 295 Å².